The summed E-state index contributed by atoms with van der Waals surface area (Å²) in [6.45, 7) is 2.27. The smallest absolute Gasteiger partial charge is 0.0927 e. The monoisotopic (exact) mass is 334 g/mol. The molecule has 0 saturated carbocycles. The first-order valence-corrected chi connectivity index (χ1v) is 10.1. The molecule has 0 amide bonds. The first-order valence-electron chi connectivity index (χ1n) is 8.90. The highest BCUT2D eigenvalue weighted by Crippen LogP contribution is 2.11. The number of aliphatic hydroxyl groups is 1. The third-order valence-corrected chi connectivity index (χ3v) is 4.25. The fraction of sp³-hybridized carbons (Fsp3) is 0.524. The normalized spacial score (nSPS) is 13.4. The van der Waals surface area contributed by atoms with Gasteiger partial charge in [-0.1, -0.05) is 94.4 Å². The van der Waals surface area contributed by atoms with Crippen molar-refractivity contribution in [1.82, 2.24) is 0 Å². The van der Waals surface area contributed by atoms with E-state index in [1.807, 2.05) is 36.6 Å². The minimum Gasteiger partial charge on any atom is -0.514 e. The second-order valence-corrected chi connectivity index (χ2v) is 6.44. The van der Waals surface area contributed by atoms with Crippen LogP contribution in [0, 0.1) is 0 Å². The molecule has 0 aromatic heterocycles. The minimum atomic E-state index is 0.851. The number of hydrogen-bond acceptors (Lipinski definition) is 2. The van der Waals surface area contributed by atoms with Crippen molar-refractivity contribution in [2.45, 2.75) is 64.7 Å². The summed E-state index contributed by atoms with van der Waals surface area (Å²) in [7, 11) is 0. The average Bonchev–Trinajstić information content (AvgIpc) is 2.58. The largest absolute Gasteiger partial charge is 0.514 e. The zero-order valence-corrected chi connectivity index (χ0v) is 15.7. The third kappa shape index (κ3) is 17.0. The van der Waals surface area contributed by atoms with Gasteiger partial charge in [0.25, 0.3) is 0 Å². The molecular formula is C21H34OS. The molecule has 0 aliphatic rings. The van der Waals surface area contributed by atoms with Crippen LogP contribution in [0.3, 0.4) is 0 Å². The van der Waals surface area contributed by atoms with Crippen LogP contribution in [0.4, 0.5) is 0 Å². The van der Waals surface area contributed by atoms with E-state index >= 15 is 0 Å². The van der Waals surface area contributed by atoms with Crippen molar-refractivity contribution in [3.63, 3.8) is 0 Å². The van der Waals surface area contributed by atoms with Gasteiger partial charge in [0.15, 0.2) is 0 Å². The van der Waals surface area contributed by atoms with Crippen LogP contribution in [-0.2, 0) is 0 Å². The summed E-state index contributed by atoms with van der Waals surface area (Å²) in [6.07, 6.45) is 31.5. The fourth-order valence-electron chi connectivity index (χ4n) is 2.14. The van der Waals surface area contributed by atoms with E-state index in [4.69, 9.17) is 5.11 Å². The van der Waals surface area contributed by atoms with E-state index in [1.54, 1.807) is 0 Å². The van der Waals surface area contributed by atoms with Gasteiger partial charge in [0, 0.05) is 4.91 Å². The van der Waals surface area contributed by atoms with Gasteiger partial charge in [0.1, 0.15) is 0 Å². The Kier molecular flexibility index (Phi) is 18.0. The molecule has 23 heavy (non-hydrogen) atoms. The lowest BCUT2D eigenvalue weighted by Crippen LogP contribution is -1.79. The SMILES string of the molecule is CCCCCCCCCC/C=C/C=C/C=C/C=C/C(=C/O)SC. The predicted octanol–water partition coefficient (Wildman–Crippen LogP) is 7.50. The van der Waals surface area contributed by atoms with E-state index in [9.17, 15) is 0 Å². The molecule has 0 saturated heterocycles. The summed E-state index contributed by atoms with van der Waals surface area (Å²) < 4.78 is 0. The van der Waals surface area contributed by atoms with E-state index in [0.29, 0.717) is 0 Å². The van der Waals surface area contributed by atoms with Crippen molar-refractivity contribution in [2.75, 3.05) is 6.26 Å². The molecule has 0 fully saturated rings. The van der Waals surface area contributed by atoms with Crippen molar-refractivity contribution in [3.05, 3.63) is 59.8 Å². The van der Waals surface area contributed by atoms with E-state index in [2.05, 4.69) is 25.2 Å². The Morgan fingerprint density at radius 1 is 0.783 bits per heavy atom. The predicted molar refractivity (Wildman–Crippen MR) is 108 cm³/mol. The maximum absolute atomic E-state index is 8.87. The second-order valence-electron chi connectivity index (χ2n) is 5.56. The maximum atomic E-state index is 8.87. The molecule has 1 nitrogen and oxygen atoms in total. The quantitative estimate of drug-likeness (QED) is 0.201. The molecule has 130 valence electrons. The van der Waals surface area contributed by atoms with Crippen LogP contribution in [-0.4, -0.2) is 11.4 Å². The third-order valence-electron chi connectivity index (χ3n) is 3.54. The van der Waals surface area contributed by atoms with Crippen molar-refractivity contribution in [3.8, 4) is 0 Å². The number of hydrogen-bond donors (Lipinski definition) is 1. The molecule has 0 heterocycles. The zero-order valence-electron chi connectivity index (χ0n) is 14.9. The molecule has 2 heteroatoms. The Balaban J connectivity index is 3.52. The Morgan fingerprint density at radius 2 is 1.35 bits per heavy atom. The van der Waals surface area contributed by atoms with Crippen LogP contribution < -0.4 is 0 Å². The summed E-state index contributed by atoms with van der Waals surface area (Å²) in [5.74, 6) is 0. The zero-order chi connectivity index (χ0) is 17.0. The summed E-state index contributed by atoms with van der Waals surface area (Å²) in [4.78, 5) is 0.851. The summed E-state index contributed by atoms with van der Waals surface area (Å²) in [6, 6.07) is 0. The van der Waals surface area contributed by atoms with Gasteiger partial charge >= 0.3 is 0 Å². The van der Waals surface area contributed by atoms with E-state index in [-0.39, 0.29) is 0 Å². The standard InChI is InChI=1S/C21H34OS/c1-3-4-5-6-7-8-9-10-11-12-13-14-15-16-17-18-19-21(20-22)23-2/h12-20,22H,3-11H2,1-2H3/b13-12+,15-14+,17-16+,19-18+,21-20-. The lowest BCUT2D eigenvalue weighted by molar-refractivity contribution is 0.472. The Bertz CT molecular complexity index is 389. The summed E-state index contributed by atoms with van der Waals surface area (Å²) in [5.41, 5.74) is 0. The molecule has 0 aromatic carbocycles. The van der Waals surface area contributed by atoms with Gasteiger partial charge in [-0.05, 0) is 25.2 Å². The van der Waals surface area contributed by atoms with Crippen LogP contribution in [0.5, 0.6) is 0 Å². The molecule has 0 unspecified atom stereocenters. The molecular weight excluding hydrogens is 300 g/mol. The maximum Gasteiger partial charge on any atom is 0.0927 e. The van der Waals surface area contributed by atoms with Crippen molar-refractivity contribution in [1.29, 1.82) is 0 Å². The Hall–Kier alpha value is -1.15. The highest BCUT2D eigenvalue weighted by atomic mass is 32.2. The Morgan fingerprint density at radius 3 is 1.96 bits per heavy atom. The molecule has 0 aromatic rings. The lowest BCUT2D eigenvalue weighted by atomic mass is 10.1. The van der Waals surface area contributed by atoms with Gasteiger partial charge in [0.05, 0.1) is 6.26 Å². The number of aliphatic hydroxyl groups excluding tert-OH is 1. The van der Waals surface area contributed by atoms with Crippen molar-refractivity contribution < 1.29 is 5.11 Å². The van der Waals surface area contributed by atoms with Crippen LogP contribution in [0.25, 0.3) is 0 Å². The van der Waals surface area contributed by atoms with E-state index in [1.165, 1.54) is 69.5 Å². The van der Waals surface area contributed by atoms with Gasteiger partial charge in [-0.3, -0.25) is 0 Å². The minimum absolute atomic E-state index is 0.851. The first kappa shape index (κ1) is 21.9. The van der Waals surface area contributed by atoms with Crippen LogP contribution in [0.1, 0.15) is 64.7 Å². The second kappa shape index (κ2) is 18.9. The van der Waals surface area contributed by atoms with Gasteiger partial charge in [-0.25, -0.2) is 0 Å². The average molecular weight is 335 g/mol. The van der Waals surface area contributed by atoms with Crippen LogP contribution >= 0.6 is 11.8 Å². The lowest BCUT2D eigenvalue weighted by Gasteiger charge is -1.99. The molecule has 0 radical (unpaired) electrons. The first-order chi connectivity index (χ1) is 11.3. The number of rotatable bonds is 14. The van der Waals surface area contributed by atoms with Crippen molar-refractivity contribution in [2.24, 2.45) is 0 Å². The molecule has 1 N–H and O–H groups in total. The highest BCUT2D eigenvalue weighted by Gasteiger charge is 1.90. The summed E-state index contributed by atoms with van der Waals surface area (Å²) >= 11 is 1.52. The van der Waals surface area contributed by atoms with Crippen molar-refractivity contribution >= 4 is 11.8 Å². The molecule has 0 atom stereocenters. The topological polar surface area (TPSA) is 20.2 Å². The van der Waals surface area contributed by atoms with E-state index in [0.717, 1.165) is 11.2 Å². The molecule has 0 spiro atoms. The van der Waals surface area contributed by atoms with Gasteiger partial charge in [-0.15, -0.1) is 11.8 Å². The Labute approximate surface area is 148 Å². The van der Waals surface area contributed by atoms with E-state index < -0.39 is 0 Å². The number of thioether (sulfide) groups is 1. The summed E-state index contributed by atoms with van der Waals surface area (Å²) in [5, 5.41) is 8.87. The molecule has 0 rings (SSSR count). The highest BCUT2D eigenvalue weighted by molar-refractivity contribution is 8.02. The number of allylic oxidation sites excluding steroid dienone is 8. The van der Waals surface area contributed by atoms with Gasteiger partial charge < -0.3 is 5.11 Å². The van der Waals surface area contributed by atoms with Crippen LogP contribution in [0.2, 0.25) is 0 Å². The van der Waals surface area contributed by atoms with Crippen LogP contribution in [0.15, 0.2) is 59.8 Å². The van der Waals surface area contributed by atoms with Gasteiger partial charge in [0.2, 0.25) is 0 Å². The number of unbranched alkanes of at least 4 members (excludes halogenated alkanes) is 8. The fourth-order valence-corrected chi connectivity index (χ4v) is 2.46. The molecule has 0 bridgehead atoms. The molecule has 0 aliphatic carbocycles. The molecule has 0 aliphatic heterocycles. The van der Waals surface area contributed by atoms with Gasteiger partial charge in [-0.2, -0.15) is 0 Å².